The zero-order valence-electron chi connectivity index (χ0n) is 13.5. The molecule has 24 heavy (non-hydrogen) atoms. The fraction of sp³-hybridized carbons (Fsp3) is 0.222. The quantitative estimate of drug-likeness (QED) is 0.709. The van der Waals surface area contributed by atoms with Crippen molar-refractivity contribution in [2.45, 2.75) is 13.8 Å². The Morgan fingerprint density at radius 2 is 1.21 bits per heavy atom. The van der Waals surface area contributed by atoms with Crippen molar-refractivity contribution in [1.29, 1.82) is 0 Å². The lowest BCUT2D eigenvalue weighted by atomic mass is 10.0. The van der Waals surface area contributed by atoms with E-state index in [9.17, 15) is 9.59 Å². The van der Waals surface area contributed by atoms with Crippen molar-refractivity contribution in [2.75, 3.05) is 23.8 Å². The minimum atomic E-state index is -0.446. The lowest BCUT2D eigenvalue weighted by Crippen LogP contribution is -2.17. The number of nitrogens with one attached hydrogen (secondary N) is 2. The molecule has 124 valence electrons. The Morgan fingerprint density at radius 1 is 0.792 bits per heavy atom. The molecular formula is C18H18N2O4. The average Bonchev–Trinajstić information content (AvgIpc) is 2.59. The van der Waals surface area contributed by atoms with Gasteiger partial charge in [0.15, 0.2) is 0 Å². The molecule has 2 N–H and O–H groups in total. The molecule has 0 saturated carbocycles. The van der Waals surface area contributed by atoms with Gasteiger partial charge in [-0.15, -0.1) is 0 Å². The zero-order chi connectivity index (χ0) is 17.1. The van der Waals surface area contributed by atoms with Crippen molar-refractivity contribution in [2.24, 2.45) is 0 Å². The third-order valence-corrected chi connectivity index (χ3v) is 3.64. The van der Waals surface area contributed by atoms with Gasteiger partial charge in [-0.1, -0.05) is 12.1 Å². The summed E-state index contributed by atoms with van der Waals surface area (Å²) in [4.78, 5) is 24.5. The molecule has 6 nitrogen and oxygen atoms in total. The minimum Gasteiger partial charge on any atom is -0.462 e. The van der Waals surface area contributed by atoms with E-state index in [-0.39, 0.29) is 13.2 Å². The summed E-state index contributed by atoms with van der Waals surface area (Å²) in [6.45, 7) is 4.05. The van der Waals surface area contributed by atoms with Crippen LogP contribution < -0.4 is 10.6 Å². The summed E-state index contributed by atoms with van der Waals surface area (Å²) in [5.74, 6) is -0.893. The molecule has 0 aliphatic carbocycles. The number of carbonyl (C=O) groups is 2. The summed E-state index contributed by atoms with van der Waals surface area (Å²) in [5.41, 5.74) is 3.38. The summed E-state index contributed by atoms with van der Waals surface area (Å²) in [6.07, 6.45) is 0. The van der Waals surface area contributed by atoms with Crippen LogP contribution in [0.25, 0.3) is 0 Å². The normalized spacial score (nSPS) is 11.4. The monoisotopic (exact) mass is 326 g/mol. The zero-order valence-corrected chi connectivity index (χ0v) is 13.5. The number of carbonyl (C=O) groups excluding carboxylic acids is 2. The second kappa shape index (κ2) is 6.62. The highest BCUT2D eigenvalue weighted by Gasteiger charge is 2.26. The van der Waals surface area contributed by atoms with E-state index in [1.54, 1.807) is 26.0 Å². The van der Waals surface area contributed by atoms with Gasteiger partial charge in [-0.25, -0.2) is 9.59 Å². The molecule has 6 heteroatoms. The van der Waals surface area contributed by atoms with Crippen LogP contribution in [-0.4, -0.2) is 25.2 Å². The highest BCUT2D eigenvalue weighted by molar-refractivity contribution is 6.10. The number of hydrogen-bond donors (Lipinski definition) is 2. The SMILES string of the molecule is CCOC(=O)c1ccc(C(=O)OCC)c2c1Nc1ccccc1N2. The highest BCUT2D eigenvalue weighted by Crippen LogP contribution is 2.42. The first-order valence-electron chi connectivity index (χ1n) is 7.80. The molecule has 1 aliphatic rings. The molecule has 0 spiro atoms. The van der Waals surface area contributed by atoms with Crippen molar-refractivity contribution in [1.82, 2.24) is 0 Å². The van der Waals surface area contributed by atoms with E-state index in [1.165, 1.54) is 0 Å². The summed E-state index contributed by atoms with van der Waals surface area (Å²) < 4.78 is 10.2. The first-order chi connectivity index (χ1) is 11.7. The van der Waals surface area contributed by atoms with Crippen LogP contribution in [0, 0.1) is 0 Å². The molecule has 0 aromatic heterocycles. The maximum absolute atomic E-state index is 12.2. The molecule has 3 rings (SSSR count). The number of benzene rings is 2. The van der Waals surface area contributed by atoms with Gasteiger partial charge in [0.25, 0.3) is 0 Å². The first kappa shape index (κ1) is 15.9. The van der Waals surface area contributed by atoms with Crippen molar-refractivity contribution >= 4 is 34.7 Å². The fourth-order valence-corrected chi connectivity index (χ4v) is 2.59. The van der Waals surface area contributed by atoms with Gasteiger partial charge in [0.2, 0.25) is 0 Å². The largest absolute Gasteiger partial charge is 0.462 e. The summed E-state index contributed by atoms with van der Waals surface area (Å²) >= 11 is 0. The average molecular weight is 326 g/mol. The first-order valence-corrected chi connectivity index (χ1v) is 7.80. The van der Waals surface area contributed by atoms with E-state index in [0.29, 0.717) is 22.5 Å². The van der Waals surface area contributed by atoms with E-state index >= 15 is 0 Å². The standard InChI is InChI=1S/C18H18N2O4/c1-3-23-17(21)11-9-10-12(18(22)24-4-2)16-15(11)19-13-7-5-6-8-14(13)20-16/h5-10,19-20H,3-4H2,1-2H3. The summed E-state index contributed by atoms with van der Waals surface area (Å²) in [6, 6.07) is 10.7. The molecule has 2 aromatic carbocycles. The second-order valence-electron chi connectivity index (χ2n) is 5.15. The number of ether oxygens (including phenoxy) is 2. The molecular weight excluding hydrogens is 308 g/mol. The number of rotatable bonds is 4. The molecule has 0 radical (unpaired) electrons. The van der Waals surface area contributed by atoms with Gasteiger partial charge in [0.1, 0.15) is 0 Å². The van der Waals surface area contributed by atoms with Crippen LogP contribution in [0.1, 0.15) is 34.6 Å². The fourth-order valence-electron chi connectivity index (χ4n) is 2.59. The lowest BCUT2D eigenvalue weighted by molar-refractivity contribution is 0.0513. The third kappa shape index (κ3) is 2.78. The van der Waals surface area contributed by atoms with Gasteiger partial charge in [-0.3, -0.25) is 0 Å². The van der Waals surface area contributed by atoms with E-state index in [2.05, 4.69) is 10.6 Å². The van der Waals surface area contributed by atoms with Crippen molar-refractivity contribution < 1.29 is 19.1 Å². The number of hydrogen-bond acceptors (Lipinski definition) is 6. The molecule has 0 saturated heterocycles. The Balaban J connectivity index is 2.12. The molecule has 0 bridgehead atoms. The van der Waals surface area contributed by atoms with Crippen LogP contribution >= 0.6 is 0 Å². The van der Waals surface area contributed by atoms with Gasteiger partial charge >= 0.3 is 11.9 Å². The third-order valence-electron chi connectivity index (χ3n) is 3.64. The molecule has 2 aromatic rings. The molecule has 0 amide bonds. The maximum Gasteiger partial charge on any atom is 0.340 e. The molecule has 0 unspecified atom stereocenters. The van der Waals surface area contributed by atoms with Crippen molar-refractivity contribution in [3.8, 4) is 0 Å². The van der Waals surface area contributed by atoms with Crippen molar-refractivity contribution in [3.63, 3.8) is 0 Å². The molecule has 0 atom stereocenters. The Hall–Kier alpha value is -3.02. The maximum atomic E-state index is 12.2. The Kier molecular flexibility index (Phi) is 4.37. The number of para-hydroxylation sites is 2. The minimum absolute atomic E-state index is 0.275. The smallest absolute Gasteiger partial charge is 0.340 e. The van der Waals surface area contributed by atoms with Gasteiger partial charge < -0.3 is 20.1 Å². The Morgan fingerprint density at radius 3 is 1.58 bits per heavy atom. The Bertz CT molecular complexity index is 736. The van der Waals surface area contributed by atoms with Crippen LogP contribution in [0.2, 0.25) is 0 Å². The van der Waals surface area contributed by atoms with Gasteiger partial charge in [0.05, 0.1) is 47.1 Å². The molecule has 1 aliphatic heterocycles. The predicted octanol–water partition coefficient (Wildman–Crippen LogP) is 3.84. The van der Waals surface area contributed by atoms with Crippen molar-refractivity contribution in [3.05, 3.63) is 47.5 Å². The van der Waals surface area contributed by atoms with Crippen LogP contribution in [0.5, 0.6) is 0 Å². The van der Waals surface area contributed by atoms with Crippen LogP contribution in [0.4, 0.5) is 22.7 Å². The number of anilines is 4. The van der Waals surface area contributed by atoms with Crippen LogP contribution in [-0.2, 0) is 9.47 Å². The Labute approximate surface area is 139 Å². The van der Waals surface area contributed by atoms with Gasteiger partial charge in [-0.05, 0) is 38.1 Å². The van der Waals surface area contributed by atoms with Gasteiger partial charge in [-0.2, -0.15) is 0 Å². The summed E-state index contributed by atoms with van der Waals surface area (Å²) in [5, 5.41) is 6.43. The number of esters is 2. The van der Waals surface area contributed by atoms with E-state index in [1.807, 2.05) is 24.3 Å². The van der Waals surface area contributed by atoms with Crippen LogP contribution in [0.15, 0.2) is 36.4 Å². The number of fused-ring (bicyclic) bond motifs is 2. The predicted molar refractivity (Wildman–Crippen MR) is 91.4 cm³/mol. The summed E-state index contributed by atoms with van der Waals surface area (Å²) in [7, 11) is 0. The highest BCUT2D eigenvalue weighted by atomic mass is 16.5. The van der Waals surface area contributed by atoms with E-state index in [0.717, 1.165) is 11.4 Å². The molecule has 0 fully saturated rings. The van der Waals surface area contributed by atoms with Crippen LogP contribution in [0.3, 0.4) is 0 Å². The second-order valence-corrected chi connectivity index (χ2v) is 5.15. The lowest BCUT2D eigenvalue weighted by Gasteiger charge is -2.26. The van der Waals surface area contributed by atoms with E-state index in [4.69, 9.17) is 9.47 Å². The topological polar surface area (TPSA) is 76.7 Å². The van der Waals surface area contributed by atoms with E-state index < -0.39 is 11.9 Å². The van der Waals surface area contributed by atoms with Gasteiger partial charge in [0, 0.05) is 0 Å². The molecule has 1 heterocycles.